The van der Waals surface area contributed by atoms with E-state index in [0.717, 1.165) is 37.7 Å². The number of fused-ring (bicyclic) bond motifs is 2. The van der Waals surface area contributed by atoms with Crippen LogP contribution in [0.1, 0.15) is 76.3 Å². The molecule has 3 amide bonds. The van der Waals surface area contributed by atoms with Crippen LogP contribution >= 0.6 is 0 Å². The van der Waals surface area contributed by atoms with Crippen LogP contribution in [0.2, 0.25) is 0 Å². The van der Waals surface area contributed by atoms with E-state index in [4.69, 9.17) is 14.0 Å². The summed E-state index contributed by atoms with van der Waals surface area (Å²) in [4.78, 5) is 32.6. The van der Waals surface area contributed by atoms with Crippen LogP contribution in [0.25, 0.3) is 0 Å². The third-order valence-electron chi connectivity index (χ3n) is 7.03. The molecule has 1 aliphatic carbocycles. The molecule has 3 fully saturated rings. The average molecular weight is 498 g/mol. The summed E-state index contributed by atoms with van der Waals surface area (Å²) in [6, 6.07) is 9.68. The predicted molar refractivity (Wildman–Crippen MR) is 129 cm³/mol. The molecule has 10 nitrogen and oxygen atoms in total. The lowest BCUT2D eigenvalue weighted by molar-refractivity contribution is -0.140. The smallest absolute Gasteiger partial charge is 0.407 e. The maximum atomic E-state index is 13.0. The Morgan fingerprint density at radius 3 is 2.69 bits per heavy atom. The van der Waals surface area contributed by atoms with Gasteiger partial charge in [-0.3, -0.25) is 4.84 Å². The molecule has 3 heterocycles. The van der Waals surface area contributed by atoms with Crippen LogP contribution in [0.4, 0.5) is 9.59 Å². The Balaban J connectivity index is 1.08. The van der Waals surface area contributed by atoms with Gasteiger partial charge in [0.25, 0.3) is 0 Å². The van der Waals surface area contributed by atoms with Crippen LogP contribution in [0, 0.1) is 5.92 Å². The molecule has 36 heavy (non-hydrogen) atoms. The van der Waals surface area contributed by atoms with Gasteiger partial charge >= 0.3 is 12.1 Å². The number of hydrogen-bond donors (Lipinski definition) is 1. The lowest BCUT2D eigenvalue weighted by Gasteiger charge is -2.36. The van der Waals surface area contributed by atoms with Crippen LogP contribution in [0.5, 0.6) is 0 Å². The van der Waals surface area contributed by atoms with Crippen LogP contribution < -0.4 is 5.32 Å². The van der Waals surface area contributed by atoms with E-state index in [0.29, 0.717) is 37.3 Å². The molecule has 194 valence electrons. The van der Waals surface area contributed by atoms with Gasteiger partial charge < -0.3 is 19.4 Å². The van der Waals surface area contributed by atoms with Gasteiger partial charge in [0.15, 0.2) is 0 Å². The van der Waals surface area contributed by atoms with Crippen molar-refractivity contribution in [3.8, 4) is 0 Å². The number of alkyl carbamates (subject to hydrolysis) is 1. The Morgan fingerprint density at radius 2 is 1.94 bits per heavy atom. The first-order valence-corrected chi connectivity index (χ1v) is 12.8. The van der Waals surface area contributed by atoms with Crippen LogP contribution in [0.3, 0.4) is 0 Å². The van der Waals surface area contributed by atoms with Gasteiger partial charge in [-0.1, -0.05) is 30.3 Å². The Bertz CT molecular complexity index is 1060. The van der Waals surface area contributed by atoms with Crippen molar-refractivity contribution in [2.45, 2.75) is 89.6 Å². The number of aromatic nitrogens is 2. The van der Waals surface area contributed by atoms with Crippen molar-refractivity contribution in [2.75, 3.05) is 6.54 Å². The fourth-order valence-electron chi connectivity index (χ4n) is 5.17. The summed E-state index contributed by atoms with van der Waals surface area (Å²) in [5.74, 6) is 1.60. The van der Waals surface area contributed by atoms with Gasteiger partial charge in [0.2, 0.25) is 11.8 Å². The van der Waals surface area contributed by atoms with Crippen LogP contribution in [-0.2, 0) is 22.6 Å². The number of hydrogen-bond acceptors (Lipinski definition) is 7. The molecule has 1 aromatic carbocycles. The molecule has 0 unspecified atom stereocenters. The Morgan fingerprint density at radius 1 is 1.17 bits per heavy atom. The fraction of sp³-hybridized carbons (Fsp3) is 0.615. The van der Waals surface area contributed by atoms with E-state index in [2.05, 4.69) is 15.5 Å². The first-order chi connectivity index (χ1) is 17.2. The van der Waals surface area contributed by atoms with E-state index in [9.17, 15) is 9.59 Å². The molecule has 1 N–H and O–H groups in total. The maximum Gasteiger partial charge on any atom is 0.407 e. The number of carbonyl (C=O) groups excluding carboxylic acids is 2. The molecule has 0 spiro atoms. The number of hydroxylamine groups is 2. The summed E-state index contributed by atoms with van der Waals surface area (Å²) in [5, 5.41) is 13.0. The van der Waals surface area contributed by atoms with Crippen LogP contribution in [0.15, 0.2) is 34.7 Å². The van der Waals surface area contributed by atoms with Crippen molar-refractivity contribution >= 4 is 12.1 Å². The summed E-state index contributed by atoms with van der Waals surface area (Å²) in [6.45, 7) is 6.54. The zero-order chi connectivity index (χ0) is 25.3. The van der Waals surface area contributed by atoms with E-state index >= 15 is 0 Å². The zero-order valence-corrected chi connectivity index (χ0v) is 21.2. The van der Waals surface area contributed by atoms with E-state index in [1.165, 1.54) is 5.06 Å². The lowest BCUT2D eigenvalue weighted by atomic mass is 9.77. The Labute approximate surface area is 211 Å². The molecule has 2 aromatic rings. The van der Waals surface area contributed by atoms with E-state index in [1.807, 2.05) is 51.1 Å². The predicted octanol–water partition coefficient (Wildman–Crippen LogP) is 4.38. The minimum Gasteiger partial charge on any atom is -0.444 e. The Hall–Kier alpha value is -3.14. The van der Waals surface area contributed by atoms with Gasteiger partial charge in [0.05, 0.1) is 6.04 Å². The first kappa shape index (κ1) is 24.5. The van der Waals surface area contributed by atoms with Crippen molar-refractivity contribution in [1.29, 1.82) is 0 Å². The molecule has 5 rings (SSSR count). The summed E-state index contributed by atoms with van der Waals surface area (Å²) >= 11 is 0. The van der Waals surface area contributed by atoms with E-state index in [-0.39, 0.29) is 30.2 Å². The first-order valence-electron chi connectivity index (χ1n) is 12.8. The largest absolute Gasteiger partial charge is 0.444 e. The lowest BCUT2D eigenvalue weighted by Crippen LogP contribution is -2.46. The number of carbonyl (C=O) groups is 2. The number of ether oxygens (including phenoxy) is 1. The van der Waals surface area contributed by atoms with Crippen molar-refractivity contribution in [3.63, 3.8) is 0 Å². The Kier molecular flexibility index (Phi) is 6.87. The van der Waals surface area contributed by atoms with Gasteiger partial charge in [-0.25, -0.2) is 9.59 Å². The van der Waals surface area contributed by atoms with Crippen molar-refractivity contribution in [1.82, 2.24) is 25.5 Å². The number of nitrogens with zero attached hydrogens (tertiary/aromatic N) is 4. The maximum absolute atomic E-state index is 13.0. The summed E-state index contributed by atoms with van der Waals surface area (Å²) < 4.78 is 11.3. The molecule has 10 heteroatoms. The highest BCUT2D eigenvalue weighted by Crippen LogP contribution is 2.38. The molecular formula is C26H35N5O5. The average Bonchev–Trinajstić information content (AvgIpc) is 3.37. The molecule has 2 aliphatic heterocycles. The molecule has 2 bridgehead atoms. The minimum atomic E-state index is -0.491. The van der Waals surface area contributed by atoms with Crippen molar-refractivity contribution in [2.24, 2.45) is 5.92 Å². The van der Waals surface area contributed by atoms with Gasteiger partial charge in [-0.05, 0) is 64.4 Å². The number of benzene rings is 1. The highest BCUT2D eigenvalue weighted by molar-refractivity contribution is 5.77. The van der Waals surface area contributed by atoms with E-state index < -0.39 is 5.60 Å². The minimum absolute atomic E-state index is 0.0423. The van der Waals surface area contributed by atoms with E-state index in [1.54, 1.807) is 4.90 Å². The van der Waals surface area contributed by atoms with Crippen molar-refractivity contribution < 1.29 is 23.6 Å². The highest BCUT2D eigenvalue weighted by Gasteiger charge is 2.47. The third-order valence-corrected chi connectivity index (χ3v) is 7.03. The highest BCUT2D eigenvalue weighted by atomic mass is 16.7. The number of nitrogens with one attached hydrogen (secondary N) is 1. The SMILES string of the molecule is CC(C)(C)OC(=O)N[C@H]1C[C@H](CCc2nnc([C@@H]3CC[C@@H]4CN3C(=O)N4OCc3ccccc3)o2)C1. The second-order valence-corrected chi connectivity index (χ2v) is 11.0. The quantitative estimate of drug-likeness (QED) is 0.576. The van der Waals surface area contributed by atoms with Gasteiger partial charge in [-0.15, -0.1) is 10.2 Å². The standard InChI is InChI=1S/C26H35N5O5/c1-26(2,3)36-24(32)27-19-13-18(14-19)9-12-22-28-29-23(35-22)21-11-10-20-15-30(21)25(33)31(20)34-16-17-7-5-4-6-8-17/h4-8,18-21H,9-16H2,1-3H3,(H,27,32)/t18-,19-,20-,21+/m1/s1. The molecule has 1 saturated carbocycles. The number of urea groups is 1. The molecule has 3 aliphatic rings. The fourth-order valence-corrected chi connectivity index (χ4v) is 5.17. The molecule has 1 aromatic heterocycles. The third kappa shape index (κ3) is 5.64. The van der Waals surface area contributed by atoms with Crippen molar-refractivity contribution in [3.05, 3.63) is 47.7 Å². The summed E-state index contributed by atoms with van der Waals surface area (Å²) in [5.41, 5.74) is 0.535. The number of piperidine rings is 1. The number of amides is 3. The van der Waals surface area contributed by atoms with Crippen LogP contribution in [-0.4, -0.2) is 56.5 Å². The van der Waals surface area contributed by atoms with Gasteiger partial charge in [0.1, 0.15) is 18.2 Å². The topological polar surface area (TPSA) is 110 Å². The summed E-state index contributed by atoms with van der Waals surface area (Å²) in [6.07, 6.45) is 4.69. The second kappa shape index (κ2) is 10.1. The zero-order valence-electron chi connectivity index (χ0n) is 21.2. The summed E-state index contributed by atoms with van der Waals surface area (Å²) in [7, 11) is 0. The number of rotatable bonds is 8. The molecule has 0 radical (unpaired) electrons. The molecule has 2 saturated heterocycles. The molecular weight excluding hydrogens is 462 g/mol. The number of aryl methyl sites for hydroxylation is 1. The second-order valence-electron chi connectivity index (χ2n) is 11.0. The normalized spacial score (nSPS) is 25.6. The van der Waals surface area contributed by atoms with Gasteiger partial charge in [-0.2, -0.15) is 5.06 Å². The van der Waals surface area contributed by atoms with Gasteiger partial charge in [0, 0.05) is 19.0 Å². The monoisotopic (exact) mass is 497 g/mol. The molecule has 2 atom stereocenters.